The highest BCUT2D eigenvalue weighted by atomic mass is 14.9. The van der Waals surface area contributed by atoms with Gasteiger partial charge in [0.05, 0.1) is 0 Å². The van der Waals surface area contributed by atoms with Crippen LogP contribution in [0.3, 0.4) is 0 Å². The van der Waals surface area contributed by atoms with Gasteiger partial charge in [0.1, 0.15) is 0 Å². The largest absolute Gasteiger partial charge is 0.316 e. The molecule has 0 amide bonds. The molecule has 2 unspecified atom stereocenters. The van der Waals surface area contributed by atoms with Crippen molar-refractivity contribution in [1.29, 1.82) is 0 Å². The van der Waals surface area contributed by atoms with Gasteiger partial charge in [0, 0.05) is 6.54 Å². The molecule has 1 aliphatic heterocycles. The predicted octanol–water partition coefficient (Wildman–Crippen LogP) is 2.57. The minimum absolute atomic E-state index is 0.794. The number of likely N-dealkylation sites (N-methyl/N-ethyl adjacent to an activating group) is 1. The summed E-state index contributed by atoms with van der Waals surface area (Å²) in [5, 5.41) is 6.78. The van der Waals surface area contributed by atoms with Crippen LogP contribution in [-0.2, 0) is 0 Å². The lowest BCUT2D eigenvalue weighted by molar-refractivity contribution is 0.303. The zero-order valence-corrected chi connectivity index (χ0v) is 11.4. The van der Waals surface area contributed by atoms with Gasteiger partial charge in [0.2, 0.25) is 0 Å². The van der Waals surface area contributed by atoms with Gasteiger partial charge in [-0.2, -0.15) is 0 Å². The standard InChI is InChI=1S/C14H28N2/c1-5-6-13(11(2)9-15-4)14-7-8-16-10-12(14)3/h12,14-16H,5-10H2,1-4H3/b13-11+. The van der Waals surface area contributed by atoms with E-state index in [1.165, 1.54) is 32.4 Å². The first-order valence-electron chi connectivity index (χ1n) is 6.74. The maximum atomic E-state index is 3.49. The van der Waals surface area contributed by atoms with Crippen LogP contribution >= 0.6 is 0 Å². The van der Waals surface area contributed by atoms with Gasteiger partial charge < -0.3 is 10.6 Å². The second-order valence-corrected chi connectivity index (χ2v) is 5.16. The van der Waals surface area contributed by atoms with E-state index in [1.54, 1.807) is 11.1 Å². The van der Waals surface area contributed by atoms with Crippen molar-refractivity contribution in [1.82, 2.24) is 10.6 Å². The van der Waals surface area contributed by atoms with Crippen LogP contribution in [0.5, 0.6) is 0 Å². The molecule has 2 atom stereocenters. The maximum Gasteiger partial charge on any atom is 0.0161 e. The number of allylic oxidation sites excluding steroid dienone is 1. The lowest BCUT2D eigenvalue weighted by atomic mass is 9.78. The summed E-state index contributed by atoms with van der Waals surface area (Å²) >= 11 is 0. The van der Waals surface area contributed by atoms with Crippen molar-refractivity contribution in [3.8, 4) is 0 Å². The fraction of sp³-hybridized carbons (Fsp3) is 0.857. The Morgan fingerprint density at radius 3 is 2.75 bits per heavy atom. The van der Waals surface area contributed by atoms with Crippen LogP contribution in [0.2, 0.25) is 0 Å². The minimum atomic E-state index is 0.794. The molecule has 0 saturated carbocycles. The molecule has 1 heterocycles. The Hall–Kier alpha value is -0.340. The fourth-order valence-corrected chi connectivity index (χ4v) is 2.90. The number of nitrogens with one attached hydrogen (secondary N) is 2. The van der Waals surface area contributed by atoms with E-state index < -0.39 is 0 Å². The van der Waals surface area contributed by atoms with Gasteiger partial charge in [-0.1, -0.05) is 31.4 Å². The molecule has 2 heteroatoms. The van der Waals surface area contributed by atoms with E-state index in [-0.39, 0.29) is 0 Å². The summed E-state index contributed by atoms with van der Waals surface area (Å²) in [6.45, 7) is 10.4. The molecule has 94 valence electrons. The third kappa shape index (κ3) is 3.60. The molecule has 0 bridgehead atoms. The van der Waals surface area contributed by atoms with Gasteiger partial charge in [-0.05, 0) is 51.7 Å². The second-order valence-electron chi connectivity index (χ2n) is 5.16. The fourth-order valence-electron chi connectivity index (χ4n) is 2.90. The van der Waals surface area contributed by atoms with Crippen LogP contribution in [0, 0.1) is 11.8 Å². The summed E-state index contributed by atoms with van der Waals surface area (Å²) in [7, 11) is 2.04. The smallest absolute Gasteiger partial charge is 0.0161 e. The van der Waals surface area contributed by atoms with Crippen LogP contribution in [0.15, 0.2) is 11.1 Å². The molecule has 0 radical (unpaired) electrons. The quantitative estimate of drug-likeness (QED) is 0.701. The molecule has 1 fully saturated rings. The van der Waals surface area contributed by atoms with Crippen LogP contribution < -0.4 is 10.6 Å². The van der Waals surface area contributed by atoms with E-state index in [2.05, 4.69) is 31.4 Å². The Balaban J connectivity index is 2.78. The van der Waals surface area contributed by atoms with Crippen molar-refractivity contribution in [2.75, 3.05) is 26.7 Å². The molecule has 2 nitrogen and oxygen atoms in total. The molecule has 0 aromatic rings. The molecule has 2 N–H and O–H groups in total. The highest BCUT2D eigenvalue weighted by Crippen LogP contribution is 2.31. The number of rotatable bonds is 5. The summed E-state index contributed by atoms with van der Waals surface area (Å²) in [6.07, 6.45) is 3.87. The molecule has 1 rings (SSSR count). The van der Waals surface area contributed by atoms with Crippen molar-refractivity contribution >= 4 is 0 Å². The topological polar surface area (TPSA) is 24.1 Å². The normalized spacial score (nSPS) is 27.8. The van der Waals surface area contributed by atoms with Gasteiger partial charge in [-0.15, -0.1) is 0 Å². The van der Waals surface area contributed by atoms with Crippen molar-refractivity contribution in [2.24, 2.45) is 11.8 Å². The number of hydrogen-bond acceptors (Lipinski definition) is 2. The first kappa shape index (κ1) is 13.7. The Morgan fingerprint density at radius 2 is 2.19 bits per heavy atom. The van der Waals surface area contributed by atoms with Crippen LogP contribution in [0.4, 0.5) is 0 Å². The number of piperidine rings is 1. The molecular formula is C14H28N2. The highest BCUT2D eigenvalue weighted by Gasteiger charge is 2.24. The molecule has 0 aromatic heterocycles. The molecule has 0 spiro atoms. The summed E-state index contributed by atoms with van der Waals surface area (Å²) in [5.41, 5.74) is 3.30. The van der Waals surface area contributed by atoms with Gasteiger partial charge in [-0.3, -0.25) is 0 Å². The summed E-state index contributed by atoms with van der Waals surface area (Å²) < 4.78 is 0. The van der Waals surface area contributed by atoms with Gasteiger partial charge in [-0.25, -0.2) is 0 Å². The van der Waals surface area contributed by atoms with Crippen LogP contribution in [0.1, 0.15) is 40.0 Å². The van der Waals surface area contributed by atoms with Crippen LogP contribution in [0.25, 0.3) is 0 Å². The summed E-state index contributed by atoms with van der Waals surface area (Å²) in [5.74, 6) is 1.61. The average Bonchev–Trinajstić information content (AvgIpc) is 2.27. The lowest BCUT2D eigenvalue weighted by Gasteiger charge is -2.33. The zero-order chi connectivity index (χ0) is 12.0. The van der Waals surface area contributed by atoms with Gasteiger partial charge in [0.25, 0.3) is 0 Å². The van der Waals surface area contributed by atoms with E-state index in [1.807, 2.05) is 7.05 Å². The van der Waals surface area contributed by atoms with Crippen molar-refractivity contribution in [3.63, 3.8) is 0 Å². The molecule has 1 saturated heterocycles. The summed E-state index contributed by atoms with van der Waals surface area (Å²) in [6, 6.07) is 0. The number of hydrogen-bond donors (Lipinski definition) is 2. The third-order valence-electron chi connectivity index (χ3n) is 3.74. The van der Waals surface area contributed by atoms with E-state index in [9.17, 15) is 0 Å². The Bertz CT molecular complexity index is 233. The van der Waals surface area contributed by atoms with Crippen molar-refractivity contribution in [3.05, 3.63) is 11.1 Å². The van der Waals surface area contributed by atoms with E-state index in [4.69, 9.17) is 0 Å². The van der Waals surface area contributed by atoms with Crippen LogP contribution in [-0.4, -0.2) is 26.7 Å². The molecule has 16 heavy (non-hydrogen) atoms. The monoisotopic (exact) mass is 224 g/mol. The van der Waals surface area contributed by atoms with Gasteiger partial charge in [0.15, 0.2) is 0 Å². The summed E-state index contributed by atoms with van der Waals surface area (Å²) in [4.78, 5) is 0. The average molecular weight is 224 g/mol. The third-order valence-corrected chi connectivity index (χ3v) is 3.74. The molecule has 0 aromatic carbocycles. The molecule has 1 aliphatic rings. The highest BCUT2D eigenvalue weighted by molar-refractivity contribution is 5.18. The Labute approximate surface area is 101 Å². The maximum absolute atomic E-state index is 3.49. The second kappa shape index (κ2) is 7.08. The predicted molar refractivity (Wildman–Crippen MR) is 71.7 cm³/mol. The molecule has 0 aliphatic carbocycles. The zero-order valence-electron chi connectivity index (χ0n) is 11.4. The Morgan fingerprint density at radius 1 is 1.44 bits per heavy atom. The minimum Gasteiger partial charge on any atom is -0.316 e. The SMILES string of the molecule is CCC/C(=C(/C)CNC)C1CCNCC1C. The van der Waals surface area contributed by atoms with E-state index in [0.29, 0.717) is 0 Å². The van der Waals surface area contributed by atoms with E-state index in [0.717, 1.165) is 18.4 Å². The lowest BCUT2D eigenvalue weighted by Crippen LogP contribution is -2.36. The first-order valence-corrected chi connectivity index (χ1v) is 6.74. The van der Waals surface area contributed by atoms with E-state index >= 15 is 0 Å². The van der Waals surface area contributed by atoms with Gasteiger partial charge >= 0.3 is 0 Å². The molecular weight excluding hydrogens is 196 g/mol. The first-order chi connectivity index (χ1) is 7.70. The van der Waals surface area contributed by atoms with Crippen molar-refractivity contribution < 1.29 is 0 Å². The van der Waals surface area contributed by atoms with Crippen molar-refractivity contribution in [2.45, 2.75) is 40.0 Å². The Kier molecular flexibility index (Phi) is 6.07.